The Labute approximate surface area is 114 Å². The minimum absolute atomic E-state index is 0.387. The summed E-state index contributed by atoms with van der Waals surface area (Å²) < 4.78 is 0. The summed E-state index contributed by atoms with van der Waals surface area (Å²) in [6.45, 7) is 1.87. The Morgan fingerprint density at radius 2 is 2.21 bits per heavy atom. The summed E-state index contributed by atoms with van der Waals surface area (Å²) in [5.74, 6) is -0.419. The molecule has 0 saturated carbocycles. The molecule has 1 aromatic carbocycles. The molecule has 2 rings (SSSR count). The van der Waals surface area contributed by atoms with Crippen molar-refractivity contribution in [3.05, 3.63) is 23.8 Å². The fourth-order valence-electron chi connectivity index (χ4n) is 2.82. The van der Waals surface area contributed by atoms with Crippen molar-refractivity contribution < 1.29 is 4.79 Å². The predicted molar refractivity (Wildman–Crippen MR) is 78.3 cm³/mol. The molecule has 5 nitrogen and oxygen atoms in total. The molecule has 1 atom stereocenters. The first kappa shape index (κ1) is 13.7. The summed E-state index contributed by atoms with van der Waals surface area (Å²) in [5.41, 5.74) is 13.5. The average Bonchev–Trinajstić information content (AvgIpc) is 2.75. The third kappa shape index (κ3) is 2.81. The number of benzene rings is 1. The summed E-state index contributed by atoms with van der Waals surface area (Å²) >= 11 is 0. The third-order valence-corrected chi connectivity index (χ3v) is 3.57. The van der Waals surface area contributed by atoms with Crippen LogP contribution in [-0.2, 0) is 0 Å². The molecule has 0 spiro atoms. The molecule has 0 aliphatic carbocycles. The summed E-state index contributed by atoms with van der Waals surface area (Å²) in [6.07, 6.45) is 2.23. The molecule has 4 N–H and O–H groups in total. The SMILES string of the molecule is CN(C)CC1CCCN1c1c(N)cccc1C(N)=O. The first-order chi connectivity index (χ1) is 9.00. The normalized spacial score (nSPS) is 19.1. The van der Waals surface area contributed by atoms with E-state index in [4.69, 9.17) is 11.5 Å². The monoisotopic (exact) mass is 262 g/mol. The lowest BCUT2D eigenvalue weighted by molar-refractivity contribution is 0.100. The maximum atomic E-state index is 11.6. The van der Waals surface area contributed by atoms with Crippen LogP contribution in [0.4, 0.5) is 11.4 Å². The first-order valence-electron chi connectivity index (χ1n) is 6.60. The van der Waals surface area contributed by atoms with Crippen LogP contribution in [0.25, 0.3) is 0 Å². The van der Waals surface area contributed by atoms with Crippen LogP contribution in [0.3, 0.4) is 0 Å². The highest BCUT2D eigenvalue weighted by Gasteiger charge is 2.29. The van der Waals surface area contributed by atoms with E-state index < -0.39 is 5.91 Å². The standard InChI is InChI=1S/C14H22N4O/c1-17(2)9-10-5-4-8-18(10)13-11(14(16)19)6-3-7-12(13)15/h3,6-7,10H,4-5,8-9,15H2,1-2H3,(H2,16,19). The van der Waals surface area contributed by atoms with Crippen molar-refractivity contribution in [2.24, 2.45) is 5.73 Å². The molecule has 0 bridgehead atoms. The van der Waals surface area contributed by atoms with Crippen LogP contribution in [-0.4, -0.2) is 44.0 Å². The van der Waals surface area contributed by atoms with Gasteiger partial charge in [0.25, 0.3) is 5.91 Å². The summed E-state index contributed by atoms with van der Waals surface area (Å²) in [4.78, 5) is 16.0. The van der Waals surface area contributed by atoms with Crippen LogP contribution in [0.15, 0.2) is 18.2 Å². The molecule has 1 amide bonds. The van der Waals surface area contributed by atoms with Gasteiger partial charge in [-0.25, -0.2) is 0 Å². The number of amides is 1. The largest absolute Gasteiger partial charge is 0.397 e. The fourth-order valence-corrected chi connectivity index (χ4v) is 2.82. The highest BCUT2D eigenvalue weighted by molar-refractivity contribution is 6.01. The van der Waals surface area contributed by atoms with Gasteiger partial charge in [-0.2, -0.15) is 0 Å². The van der Waals surface area contributed by atoms with Gasteiger partial charge in [0.05, 0.1) is 16.9 Å². The van der Waals surface area contributed by atoms with E-state index in [2.05, 4.69) is 23.9 Å². The topological polar surface area (TPSA) is 75.6 Å². The van der Waals surface area contributed by atoms with Crippen LogP contribution in [0.1, 0.15) is 23.2 Å². The molecular formula is C14H22N4O. The van der Waals surface area contributed by atoms with E-state index in [1.165, 1.54) is 0 Å². The van der Waals surface area contributed by atoms with E-state index in [0.29, 0.717) is 17.3 Å². The van der Waals surface area contributed by atoms with Crippen LogP contribution in [0.5, 0.6) is 0 Å². The molecule has 0 aromatic heterocycles. The number of hydrogen-bond acceptors (Lipinski definition) is 4. The average molecular weight is 262 g/mol. The molecule has 5 heteroatoms. The molecule has 1 aliphatic rings. The summed E-state index contributed by atoms with van der Waals surface area (Å²) in [5, 5.41) is 0. The molecule has 1 unspecified atom stereocenters. The van der Waals surface area contributed by atoms with Crippen molar-refractivity contribution in [2.75, 3.05) is 37.8 Å². The lowest BCUT2D eigenvalue weighted by atomic mass is 10.1. The Bertz CT molecular complexity index is 473. The Balaban J connectivity index is 2.37. The number of nitrogens with zero attached hydrogens (tertiary/aromatic N) is 2. The summed E-state index contributed by atoms with van der Waals surface area (Å²) in [7, 11) is 4.11. The van der Waals surface area contributed by atoms with Gasteiger partial charge in [-0.3, -0.25) is 4.79 Å². The highest BCUT2D eigenvalue weighted by atomic mass is 16.1. The van der Waals surface area contributed by atoms with E-state index in [-0.39, 0.29) is 0 Å². The van der Waals surface area contributed by atoms with Crippen molar-refractivity contribution in [3.63, 3.8) is 0 Å². The Morgan fingerprint density at radius 3 is 2.84 bits per heavy atom. The van der Waals surface area contributed by atoms with Gasteiger partial charge in [0, 0.05) is 19.1 Å². The minimum atomic E-state index is -0.419. The van der Waals surface area contributed by atoms with Gasteiger partial charge in [0.15, 0.2) is 0 Å². The van der Waals surface area contributed by atoms with E-state index >= 15 is 0 Å². The molecule has 1 fully saturated rings. The number of nitrogens with two attached hydrogens (primary N) is 2. The number of rotatable bonds is 4. The van der Waals surface area contributed by atoms with E-state index in [0.717, 1.165) is 31.6 Å². The molecule has 1 aromatic rings. The van der Waals surface area contributed by atoms with Gasteiger partial charge in [0.2, 0.25) is 0 Å². The molecule has 0 radical (unpaired) electrons. The number of hydrogen-bond donors (Lipinski definition) is 2. The number of likely N-dealkylation sites (N-methyl/N-ethyl adjacent to an activating group) is 1. The Hall–Kier alpha value is -1.75. The second kappa shape index (κ2) is 5.48. The Morgan fingerprint density at radius 1 is 1.47 bits per heavy atom. The van der Waals surface area contributed by atoms with Crippen molar-refractivity contribution in [1.82, 2.24) is 4.90 Å². The minimum Gasteiger partial charge on any atom is -0.397 e. The quantitative estimate of drug-likeness (QED) is 0.790. The first-order valence-corrected chi connectivity index (χ1v) is 6.60. The number of anilines is 2. The molecule has 1 heterocycles. The Kier molecular flexibility index (Phi) is 3.95. The lowest BCUT2D eigenvalue weighted by Gasteiger charge is -2.31. The van der Waals surface area contributed by atoms with Crippen LogP contribution in [0.2, 0.25) is 0 Å². The fraction of sp³-hybridized carbons (Fsp3) is 0.500. The van der Waals surface area contributed by atoms with Gasteiger partial charge in [-0.15, -0.1) is 0 Å². The number of carbonyl (C=O) groups is 1. The van der Waals surface area contributed by atoms with Gasteiger partial charge in [0.1, 0.15) is 0 Å². The van der Waals surface area contributed by atoms with Crippen LogP contribution < -0.4 is 16.4 Å². The van der Waals surface area contributed by atoms with Crippen molar-refractivity contribution in [3.8, 4) is 0 Å². The van der Waals surface area contributed by atoms with E-state index in [9.17, 15) is 4.79 Å². The zero-order valence-electron chi connectivity index (χ0n) is 11.6. The number of primary amides is 1. The molecule has 19 heavy (non-hydrogen) atoms. The van der Waals surface area contributed by atoms with Gasteiger partial charge in [-0.1, -0.05) is 6.07 Å². The van der Waals surface area contributed by atoms with Gasteiger partial charge in [-0.05, 0) is 39.1 Å². The molecular weight excluding hydrogens is 240 g/mol. The van der Waals surface area contributed by atoms with Crippen molar-refractivity contribution in [1.29, 1.82) is 0 Å². The highest BCUT2D eigenvalue weighted by Crippen LogP contribution is 2.33. The maximum absolute atomic E-state index is 11.6. The summed E-state index contributed by atoms with van der Waals surface area (Å²) in [6, 6.07) is 5.74. The zero-order valence-corrected chi connectivity index (χ0v) is 11.6. The van der Waals surface area contributed by atoms with Crippen molar-refractivity contribution >= 4 is 17.3 Å². The van der Waals surface area contributed by atoms with Gasteiger partial charge >= 0.3 is 0 Å². The number of nitrogen functional groups attached to an aromatic ring is 1. The molecule has 104 valence electrons. The third-order valence-electron chi connectivity index (χ3n) is 3.57. The number of para-hydroxylation sites is 1. The van der Waals surface area contributed by atoms with E-state index in [1.807, 2.05) is 6.07 Å². The van der Waals surface area contributed by atoms with E-state index in [1.54, 1.807) is 12.1 Å². The molecule has 1 saturated heterocycles. The van der Waals surface area contributed by atoms with Crippen molar-refractivity contribution in [2.45, 2.75) is 18.9 Å². The lowest BCUT2D eigenvalue weighted by Crippen LogP contribution is -2.39. The smallest absolute Gasteiger partial charge is 0.250 e. The zero-order chi connectivity index (χ0) is 14.0. The van der Waals surface area contributed by atoms with Gasteiger partial charge < -0.3 is 21.3 Å². The molecule has 1 aliphatic heterocycles. The second-order valence-electron chi connectivity index (χ2n) is 5.36. The van der Waals surface area contributed by atoms with Crippen LogP contribution in [0, 0.1) is 0 Å². The maximum Gasteiger partial charge on any atom is 0.250 e. The second-order valence-corrected chi connectivity index (χ2v) is 5.36. The number of carbonyl (C=O) groups excluding carboxylic acids is 1. The predicted octanol–water partition coefficient (Wildman–Crippen LogP) is 0.898. The van der Waals surface area contributed by atoms with Crippen LogP contribution >= 0.6 is 0 Å².